The topological polar surface area (TPSA) is 94.6 Å². The predicted molar refractivity (Wildman–Crippen MR) is 130 cm³/mol. The molecule has 172 valence electrons. The first-order chi connectivity index (χ1) is 16.1. The average Bonchev–Trinajstić information content (AvgIpc) is 2.85. The Kier molecular flexibility index (Phi) is 7.19. The SMILES string of the molecule is COc1cc2ncnc(Oc3ccc(NC(=S)NC(=O)C4CCCCC4)cc3)c2cc1OC. The summed E-state index contributed by atoms with van der Waals surface area (Å²) in [5.41, 5.74) is 1.42. The molecule has 3 aromatic rings. The number of anilines is 1. The average molecular weight is 467 g/mol. The summed E-state index contributed by atoms with van der Waals surface area (Å²) in [6.07, 6.45) is 6.69. The Morgan fingerprint density at radius 3 is 2.39 bits per heavy atom. The summed E-state index contributed by atoms with van der Waals surface area (Å²) in [6.45, 7) is 0. The molecule has 0 aliphatic heterocycles. The van der Waals surface area contributed by atoms with Gasteiger partial charge in [0, 0.05) is 17.7 Å². The number of nitrogens with one attached hydrogen (secondary N) is 2. The van der Waals surface area contributed by atoms with Crippen molar-refractivity contribution in [1.82, 2.24) is 15.3 Å². The number of fused-ring (bicyclic) bond motifs is 1. The second kappa shape index (κ2) is 10.4. The predicted octanol–water partition coefficient (Wildman–Crippen LogP) is 4.83. The fourth-order valence-corrected chi connectivity index (χ4v) is 4.12. The molecule has 1 aliphatic rings. The van der Waals surface area contributed by atoms with Crippen LogP contribution in [0.4, 0.5) is 5.69 Å². The Labute approximate surface area is 197 Å². The molecular weight excluding hydrogens is 440 g/mol. The zero-order valence-corrected chi connectivity index (χ0v) is 19.4. The van der Waals surface area contributed by atoms with Crippen LogP contribution in [0.5, 0.6) is 23.1 Å². The van der Waals surface area contributed by atoms with Gasteiger partial charge >= 0.3 is 0 Å². The second-order valence-corrected chi connectivity index (χ2v) is 8.22. The summed E-state index contributed by atoms with van der Waals surface area (Å²) in [7, 11) is 3.15. The Morgan fingerprint density at radius 1 is 1.00 bits per heavy atom. The second-order valence-electron chi connectivity index (χ2n) is 7.81. The van der Waals surface area contributed by atoms with Gasteiger partial charge in [0.2, 0.25) is 11.8 Å². The standard InChI is InChI=1S/C24H26N4O4S/c1-30-20-12-18-19(13-21(20)31-2)25-14-26-23(18)32-17-10-8-16(9-11-17)27-24(33)28-22(29)15-6-4-3-5-7-15/h8-15H,3-7H2,1-2H3,(H2,27,28,29,33). The monoisotopic (exact) mass is 466 g/mol. The van der Waals surface area contributed by atoms with Gasteiger partial charge in [-0.2, -0.15) is 0 Å². The largest absolute Gasteiger partial charge is 0.493 e. The van der Waals surface area contributed by atoms with Crippen LogP contribution in [0, 0.1) is 5.92 Å². The molecule has 0 unspecified atom stereocenters. The molecule has 1 heterocycles. The number of carbonyl (C=O) groups is 1. The molecule has 1 amide bonds. The Morgan fingerprint density at radius 2 is 1.70 bits per heavy atom. The lowest BCUT2D eigenvalue weighted by molar-refractivity contribution is -0.124. The molecule has 0 atom stereocenters. The Balaban J connectivity index is 1.42. The van der Waals surface area contributed by atoms with Crippen molar-refractivity contribution in [3.05, 3.63) is 42.7 Å². The number of benzene rings is 2. The van der Waals surface area contributed by atoms with E-state index in [2.05, 4.69) is 20.6 Å². The smallest absolute Gasteiger partial charge is 0.230 e. The van der Waals surface area contributed by atoms with E-state index in [1.165, 1.54) is 12.7 Å². The van der Waals surface area contributed by atoms with E-state index in [0.717, 1.165) is 31.4 Å². The minimum atomic E-state index is -0.00477. The summed E-state index contributed by atoms with van der Waals surface area (Å²) in [5, 5.41) is 6.84. The van der Waals surface area contributed by atoms with Gasteiger partial charge in [0.15, 0.2) is 16.6 Å². The summed E-state index contributed by atoms with van der Waals surface area (Å²) in [4.78, 5) is 20.9. The number of rotatable bonds is 6. The molecule has 2 N–H and O–H groups in total. The fourth-order valence-electron chi connectivity index (χ4n) is 3.90. The van der Waals surface area contributed by atoms with E-state index in [9.17, 15) is 4.79 Å². The lowest BCUT2D eigenvalue weighted by atomic mass is 9.89. The van der Waals surface area contributed by atoms with E-state index in [-0.39, 0.29) is 11.8 Å². The molecule has 2 aromatic carbocycles. The van der Waals surface area contributed by atoms with Gasteiger partial charge in [0.25, 0.3) is 0 Å². The minimum Gasteiger partial charge on any atom is -0.493 e. The van der Waals surface area contributed by atoms with Crippen LogP contribution in [-0.2, 0) is 4.79 Å². The quantitative estimate of drug-likeness (QED) is 0.499. The van der Waals surface area contributed by atoms with Gasteiger partial charge in [-0.1, -0.05) is 19.3 Å². The first-order valence-corrected chi connectivity index (χ1v) is 11.2. The van der Waals surface area contributed by atoms with E-state index >= 15 is 0 Å². The number of thiocarbonyl (C=S) groups is 1. The summed E-state index contributed by atoms with van der Waals surface area (Å²) < 4.78 is 16.7. The molecular formula is C24H26N4O4S. The Bertz CT molecular complexity index is 1150. The maximum atomic E-state index is 12.4. The van der Waals surface area contributed by atoms with E-state index in [0.29, 0.717) is 39.1 Å². The first kappa shape index (κ1) is 22.7. The molecule has 8 nitrogen and oxygen atoms in total. The molecule has 0 saturated heterocycles. The van der Waals surface area contributed by atoms with E-state index in [1.54, 1.807) is 38.5 Å². The van der Waals surface area contributed by atoms with Crippen molar-refractivity contribution in [1.29, 1.82) is 0 Å². The summed E-state index contributed by atoms with van der Waals surface area (Å²) in [5.74, 6) is 2.18. The van der Waals surface area contributed by atoms with Crippen molar-refractivity contribution < 1.29 is 19.0 Å². The van der Waals surface area contributed by atoms with E-state index in [4.69, 9.17) is 26.4 Å². The highest BCUT2D eigenvalue weighted by atomic mass is 32.1. The molecule has 1 fully saturated rings. The van der Waals surface area contributed by atoms with Gasteiger partial charge in [-0.25, -0.2) is 9.97 Å². The zero-order chi connectivity index (χ0) is 23.2. The number of hydrogen-bond acceptors (Lipinski definition) is 7. The number of hydrogen-bond donors (Lipinski definition) is 2. The van der Waals surface area contributed by atoms with Crippen molar-refractivity contribution in [2.24, 2.45) is 5.92 Å². The van der Waals surface area contributed by atoms with Crippen LogP contribution in [0.1, 0.15) is 32.1 Å². The molecule has 0 spiro atoms. The number of methoxy groups -OCH3 is 2. The van der Waals surface area contributed by atoms with Crippen molar-refractivity contribution in [2.45, 2.75) is 32.1 Å². The third kappa shape index (κ3) is 5.48. The minimum absolute atomic E-state index is 0.00477. The molecule has 9 heteroatoms. The molecule has 0 radical (unpaired) electrons. The van der Waals surface area contributed by atoms with E-state index in [1.807, 2.05) is 12.1 Å². The van der Waals surface area contributed by atoms with Gasteiger partial charge in [-0.05, 0) is 55.4 Å². The van der Waals surface area contributed by atoms with Crippen molar-refractivity contribution in [2.75, 3.05) is 19.5 Å². The van der Waals surface area contributed by atoms with Gasteiger partial charge in [-0.15, -0.1) is 0 Å². The summed E-state index contributed by atoms with van der Waals surface area (Å²) in [6, 6.07) is 10.8. The fraction of sp³-hybridized carbons (Fsp3) is 0.333. The van der Waals surface area contributed by atoms with Gasteiger partial charge in [-0.3, -0.25) is 4.79 Å². The number of carbonyl (C=O) groups excluding carboxylic acids is 1. The third-order valence-electron chi connectivity index (χ3n) is 5.64. The molecule has 33 heavy (non-hydrogen) atoms. The highest BCUT2D eigenvalue weighted by Crippen LogP contribution is 2.35. The first-order valence-electron chi connectivity index (χ1n) is 10.8. The molecule has 0 bridgehead atoms. The van der Waals surface area contributed by atoms with Crippen LogP contribution < -0.4 is 24.8 Å². The molecule has 1 aliphatic carbocycles. The van der Waals surface area contributed by atoms with Crippen LogP contribution in [0.2, 0.25) is 0 Å². The highest BCUT2D eigenvalue weighted by molar-refractivity contribution is 7.80. The normalized spacial score (nSPS) is 13.9. The van der Waals surface area contributed by atoms with Crippen molar-refractivity contribution >= 4 is 39.8 Å². The van der Waals surface area contributed by atoms with Crippen LogP contribution >= 0.6 is 12.2 Å². The van der Waals surface area contributed by atoms with Gasteiger partial charge in [0.1, 0.15) is 12.1 Å². The zero-order valence-electron chi connectivity index (χ0n) is 18.6. The summed E-state index contributed by atoms with van der Waals surface area (Å²) >= 11 is 5.30. The maximum Gasteiger partial charge on any atom is 0.230 e. The Hall–Kier alpha value is -3.46. The third-order valence-corrected chi connectivity index (χ3v) is 5.85. The van der Waals surface area contributed by atoms with Crippen molar-refractivity contribution in [3.8, 4) is 23.1 Å². The molecule has 4 rings (SSSR count). The highest BCUT2D eigenvalue weighted by Gasteiger charge is 2.21. The number of amides is 1. The van der Waals surface area contributed by atoms with Crippen LogP contribution in [0.25, 0.3) is 10.9 Å². The lowest BCUT2D eigenvalue weighted by Crippen LogP contribution is -2.38. The number of nitrogens with zero attached hydrogens (tertiary/aromatic N) is 2. The van der Waals surface area contributed by atoms with Gasteiger partial charge in [0.05, 0.1) is 25.1 Å². The number of ether oxygens (including phenoxy) is 3. The van der Waals surface area contributed by atoms with Crippen LogP contribution in [0.15, 0.2) is 42.7 Å². The maximum absolute atomic E-state index is 12.4. The van der Waals surface area contributed by atoms with Crippen molar-refractivity contribution in [3.63, 3.8) is 0 Å². The van der Waals surface area contributed by atoms with E-state index < -0.39 is 0 Å². The lowest BCUT2D eigenvalue weighted by Gasteiger charge is -2.21. The number of aromatic nitrogens is 2. The van der Waals surface area contributed by atoms with Crippen LogP contribution in [-0.4, -0.2) is 35.2 Å². The van der Waals surface area contributed by atoms with Gasteiger partial charge < -0.3 is 24.8 Å². The van der Waals surface area contributed by atoms with Crippen LogP contribution in [0.3, 0.4) is 0 Å². The molecule has 1 aromatic heterocycles. The molecule has 1 saturated carbocycles.